The molecule has 0 amide bonds. The highest BCUT2D eigenvalue weighted by atomic mass is 16.5. The Labute approximate surface area is 154 Å². The number of rotatable bonds is 12. The maximum atomic E-state index is 10.7. The van der Waals surface area contributed by atoms with E-state index in [1.54, 1.807) is 0 Å². The van der Waals surface area contributed by atoms with Gasteiger partial charge >= 0.3 is 0 Å². The van der Waals surface area contributed by atoms with Crippen molar-refractivity contribution in [3.05, 3.63) is 0 Å². The predicted octanol–water partition coefficient (Wildman–Crippen LogP) is 1.99. The van der Waals surface area contributed by atoms with Crippen LogP contribution in [0.3, 0.4) is 0 Å². The Morgan fingerprint density at radius 2 is 1.76 bits per heavy atom. The average Bonchev–Trinajstić information content (AvgIpc) is 2.61. The Bertz CT molecular complexity index is 351. The molecule has 1 aliphatic rings. The summed E-state index contributed by atoms with van der Waals surface area (Å²) in [7, 11) is 0. The highest BCUT2D eigenvalue weighted by molar-refractivity contribution is 5.79. The number of nitrogens with zero attached hydrogens (tertiary/aromatic N) is 2. The molecule has 148 valence electrons. The largest absolute Gasteiger partial charge is 0.388 e. The van der Waals surface area contributed by atoms with E-state index < -0.39 is 5.60 Å². The van der Waals surface area contributed by atoms with Crippen molar-refractivity contribution >= 4 is 5.96 Å². The first-order valence-electron chi connectivity index (χ1n) is 10.2. The highest BCUT2D eigenvalue weighted by Crippen LogP contribution is 2.19. The molecule has 0 aromatic heterocycles. The van der Waals surface area contributed by atoms with Gasteiger partial charge in [0.2, 0.25) is 0 Å². The maximum absolute atomic E-state index is 10.7. The van der Waals surface area contributed by atoms with Crippen molar-refractivity contribution < 1.29 is 9.84 Å². The van der Waals surface area contributed by atoms with E-state index >= 15 is 0 Å². The van der Waals surface area contributed by atoms with Crippen molar-refractivity contribution in [2.24, 2.45) is 4.99 Å². The molecule has 1 saturated heterocycles. The zero-order valence-electron chi connectivity index (χ0n) is 16.6. The summed E-state index contributed by atoms with van der Waals surface area (Å²) in [4.78, 5) is 7.10. The van der Waals surface area contributed by atoms with E-state index in [9.17, 15) is 5.11 Å². The van der Waals surface area contributed by atoms with Gasteiger partial charge in [0.15, 0.2) is 5.96 Å². The minimum absolute atomic E-state index is 0.470. The third-order valence-corrected chi connectivity index (χ3v) is 4.60. The summed E-state index contributed by atoms with van der Waals surface area (Å²) in [6, 6.07) is 0. The number of nitrogens with one attached hydrogen (secondary N) is 2. The van der Waals surface area contributed by atoms with Crippen LogP contribution in [0.2, 0.25) is 0 Å². The van der Waals surface area contributed by atoms with Crippen LogP contribution in [0.25, 0.3) is 0 Å². The van der Waals surface area contributed by atoms with Gasteiger partial charge < -0.3 is 20.5 Å². The van der Waals surface area contributed by atoms with E-state index in [-0.39, 0.29) is 0 Å². The molecule has 0 bridgehead atoms. The summed E-state index contributed by atoms with van der Waals surface area (Å²) in [5, 5.41) is 17.4. The number of guanidine groups is 1. The highest BCUT2D eigenvalue weighted by Gasteiger charge is 2.24. The lowest BCUT2D eigenvalue weighted by Gasteiger charge is -2.26. The number of hydrogen-bond donors (Lipinski definition) is 3. The molecular weight excluding hydrogens is 316 g/mol. The second-order valence-electron chi connectivity index (χ2n) is 7.01. The first-order valence-corrected chi connectivity index (χ1v) is 10.2. The Balaban J connectivity index is 2.31. The molecule has 0 saturated carbocycles. The molecule has 6 heteroatoms. The first kappa shape index (κ1) is 22.2. The van der Waals surface area contributed by atoms with E-state index in [2.05, 4.69) is 41.3 Å². The number of unbranched alkanes of at least 4 members (excludes halogenated alkanes) is 1. The van der Waals surface area contributed by atoms with Crippen LogP contribution in [-0.4, -0.2) is 74.0 Å². The Morgan fingerprint density at radius 1 is 1.08 bits per heavy atom. The molecule has 1 rings (SSSR count). The first-order chi connectivity index (χ1) is 12.1. The Kier molecular flexibility index (Phi) is 11.9. The number of ether oxygens (including phenoxy) is 1. The minimum Gasteiger partial charge on any atom is -0.388 e. The summed E-state index contributed by atoms with van der Waals surface area (Å²) in [5.41, 5.74) is -0.664. The van der Waals surface area contributed by atoms with Crippen molar-refractivity contribution in [3.63, 3.8) is 0 Å². The van der Waals surface area contributed by atoms with E-state index in [1.807, 2.05) is 0 Å². The molecule has 1 fully saturated rings. The lowest BCUT2D eigenvalue weighted by molar-refractivity contribution is 0.0305. The summed E-state index contributed by atoms with van der Waals surface area (Å²) >= 11 is 0. The maximum Gasteiger partial charge on any atom is 0.191 e. The topological polar surface area (TPSA) is 69.1 Å². The van der Waals surface area contributed by atoms with Crippen molar-refractivity contribution in [3.8, 4) is 0 Å². The molecule has 6 nitrogen and oxygen atoms in total. The van der Waals surface area contributed by atoms with Crippen LogP contribution in [0.5, 0.6) is 0 Å². The number of aliphatic imine (C=N–C) groups is 1. The fourth-order valence-electron chi connectivity index (χ4n) is 3.27. The fourth-order valence-corrected chi connectivity index (χ4v) is 3.27. The fraction of sp³-hybridized carbons (Fsp3) is 0.947. The van der Waals surface area contributed by atoms with E-state index in [0.29, 0.717) is 6.54 Å². The third-order valence-electron chi connectivity index (χ3n) is 4.60. The molecule has 0 radical (unpaired) electrons. The van der Waals surface area contributed by atoms with Gasteiger partial charge in [-0.2, -0.15) is 0 Å². The summed E-state index contributed by atoms with van der Waals surface area (Å²) in [6.45, 7) is 13.5. The lowest BCUT2D eigenvalue weighted by Crippen LogP contribution is -2.41. The zero-order chi connectivity index (χ0) is 18.4. The second-order valence-corrected chi connectivity index (χ2v) is 7.01. The predicted molar refractivity (Wildman–Crippen MR) is 105 cm³/mol. The monoisotopic (exact) mass is 356 g/mol. The van der Waals surface area contributed by atoms with Gasteiger partial charge in [-0.25, -0.2) is 0 Å². The molecule has 3 N–H and O–H groups in total. The smallest absolute Gasteiger partial charge is 0.191 e. The van der Waals surface area contributed by atoms with Crippen LogP contribution in [-0.2, 0) is 4.74 Å². The zero-order valence-corrected chi connectivity index (χ0v) is 16.6. The van der Waals surface area contributed by atoms with Crippen LogP contribution < -0.4 is 10.6 Å². The molecule has 0 aliphatic carbocycles. The molecule has 0 aromatic carbocycles. The molecule has 25 heavy (non-hydrogen) atoms. The molecule has 0 atom stereocenters. The van der Waals surface area contributed by atoms with Crippen molar-refractivity contribution in [2.45, 2.75) is 64.9 Å². The van der Waals surface area contributed by atoms with Gasteiger partial charge in [0.05, 0.1) is 25.4 Å². The standard InChI is InChI=1S/C19H40N4O2/c1-4-9-19(24,10-5-2)17-22-18(20-6-3)21-11-7-8-12-23-13-15-25-16-14-23/h24H,4-17H2,1-3H3,(H2,20,21,22). The average molecular weight is 357 g/mol. The van der Waals surface area contributed by atoms with Gasteiger partial charge in [-0.1, -0.05) is 26.7 Å². The normalized spacial score (nSPS) is 16.9. The van der Waals surface area contributed by atoms with Crippen LogP contribution in [0.15, 0.2) is 4.99 Å². The summed E-state index contributed by atoms with van der Waals surface area (Å²) in [5.74, 6) is 0.819. The molecular formula is C19H40N4O2. The molecule has 1 heterocycles. The van der Waals surface area contributed by atoms with Crippen LogP contribution >= 0.6 is 0 Å². The minimum atomic E-state index is -0.664. The SMILES string of the molecule is CCCC(O)(CCC)CN=C(NCC)NCCCCN1CCOCC1. The summed E-state index contributed by atoms with van der Waals surface area (Å²) in [6.07, 6.45) is 5.89. The van der Waals surface area contributed by atoms with E-state index in [0.717, 1.165) is 84.0 Å². The van der Waals surface area contributed by atoms with Gasteiger partial charge in [-0.15, -0.1) is 0 Å². The van der Waals surface area contributed by atoms with E-state index in [4.69, 9.17) is 4.74 Å². The number of hydrogen-bond acceptors (Lipinski definition) is 4. The van der Waals surface area contributed by atoms with Crippen molar-refractivity contribution in [1.29, 1.82) is 0 Å². The van der Waals surface area contributed by atoms with E-state index in [1.165, 1.54) is 6.42 Å². The van der Waals surface area contributed by atoms with Gasteiger partial charge in [0, 0.05) is 26.2 Å². The van der Waals surface area contributed by atoms with Crippen molar-refractivity contribution in [1.82, 2.24) is 15.5 Å². The molecule has 1 aliphatic heterocycles. The van der Waals surface area contributed by atoms with Crippen LogP contribution in [0.1, 0.15) is 59.3 Å². The number of aliphatic hydroxyl groups is 1. The summed E-state index contributed by atoms with van der Waals surface area (Å²) < 4.78 is 5.38. The van der Waals surface area contributed by atoms with Gasteiger partial charge in [-0.3, -0.25) is 9.89 Å². The second kappa shape index (κ2) is 13.4. The molecule has 0 unspecified atom stereocenters. The molecule has 0 spiro atoms. The van der Waals surface area contributed by atoms with Crippen molar-refractivity contribution in [2.75, 3.05) is 52.5 Å². The van der Waals surface area contributed by atoms with Gasteiger partial charge in [0.1, 0.15) is 0 Å². The van der Waals surface area contributed by atoms with Crippen LogP contribution in [0, 0.1) is 0 Å². The Morgan fingerprint density at radius 3 is 2.36 bits per heavy atom. The quantitative estimate of drug-likeness (QED) is 0.283. The van der Waals surface area contributed by atoms with Gasteiger partial charge in [0.25, 0.3) is 0 Å². The Hall–Kier alpha value is -0.850. The molecule has 0 aromatic rings. The third kappa shape index (κ3) is 10.0. The number of morpholine rings is 1. The van der Waals surface area contributed by atoms with Gasteiger partial charge in [-0.05, 0) is 39.2 Å². The van der Waals surface area contributed by atoms with Crippen LogP contribution in [0.4, 0.5) is 0 Å². The lowest BCUT2D eigenvalue weighted by atomic mass is 9.93.